The minimum Gasteiger partial charge on any atom is -0.366 e. The number of benzene rings is 2. The lowest BCUT2D eigenvalue weighted by atomic mass is 10.2. The van der Waals surface area contributed by atoms with Crippen molar-refractivity contribution >= 4 is 46.5 Å². The van der Waals surface area contributed by atoms with Crippen LogP contribution >= 0.6 is 23.4 Å². The predicted octanol–water partition coefficient (Wildman–Crippen LogP) is 4.47. The highest BCUT2D eigenvalue weighted by atomic mass is 35.5. The van der Waals surface area contributed by atoms with E-state index in [9.17, 15) is 13.6 Å². The Balaban J connectivity index is 1.32. The second-order valence-electron chi connectivity index (χ2n) is 7.08. The number of aromatic nitrogens is 2. The van der Waals surface area contributed by atoms with Gasteiger partial charge in [-0.15, -0.1) is 0 Å². The molecule has 3 aromatic rings. The van der Waals surface area contributed by atoms with Crippen molar-refractivity contribution in [2.45, 2.75) is 5.03 Å². The zero-order chi connectivity index (χ0) is 22.5. The molecule has 166 valence electrons. The molecule has 0 spiro atoms. The molecule has 2 aromatic carbocycles. The number of nitrogens with zero attached hydrogens (tertiary/aromatic N) is 4. The summed E-state index contributed by atoms with van der Waals surface area (Å²) in [6.07, 6.45) is 1.45. The lowest BCUT2D eigenvalue weighted by Crippen LogP contribution is -2.47. The summed E-state index contributed by atoms with van der Waals surface area (Å²) in [5.41, 5.74) is 0.646. The van der Waals surface area contributed by atoms with E-state index in [0.717, 1.165) is 5.82 Å². The van der Waals surface area contributed by atoms with Crippen molar-refractivity contribution in [1.82, 2.24) is 9.97 Å². The number of carbonyl (C=O) groups is 1. The van der Waals surface area contributed by atoms with Gasteiger partial charge < -0.3 is 15.1 Å². The summed E-state index contributed by atoms with van der Waals surface area (Å²) < 4.78 is 28.0. The molecule has 1 N–H and O–H groups in total. The van der Waals surface area contributed by atoms with Crippen molar-refractivity contribution in [1.29, 1.82) is 0 Å². The number of para-hydroxylation sites is 1. The highest BCUT2D eigenvalue weighted by Crippen LogP contribution is 2.25. The summed E-state index contributed by atoms with van der Waals surface area (Å²) >= 11 is 6.97. The van der Waals surface area contributed by atoms with Gasteiger partial charge in [-0.2, -0.15) is 0 Å². The van der Waals surface area contributed by atoms with Gasteiger partial charge in [0.1, 0.15) is 23.0 Å². The van der Waals surface area contributed by atoms with Crippen LogP contribution in [-0.2, 0) is 4.79 Å². The van der Waals surface area contributed by atoms with Crippen molar-refractivity contribution in [2.24, 2.45) is 0 Å². The lowest BCUT2D eigenvalue weighted by molar-refractivity contribution is -0.113. The first-order chi connectivity index (χ1) is 15.5. The molecule has 1 aliphatic rings. The van der Waals surface area contributed by atoms with Crippen LogP contribution < -0.4 is 15.1 Å². The molecule has 0 unspecified atom stereocenters. The van der Waals surface area contributed by atoms with Gasteiger partial charge in [-0.3, -0.25) is 4.79 Å². The third-order valence-corrected chi connectivity index (χ3v) is 6.22. The van der Waals surface area contributed by atoms with Crippen molar-refractivity contribution in [3.8, 4) is 0 Å². The van der Waals surface area contributed by atoms with Crippen LogP contribution in [0.5, 0.6) is 0 Å². The standard InChI is InChI=1S/C22H20ClF2N5OS/c23-15-4-3-6-17(22(15)25)28-20(31)13-32-21-12-19(26-14-27-21)30-10-8-29(9-11-30)18-7-2-1-5-16(18)24/h1-7,12,14H,8-11,13H2,(H,28,31). The van der Waals surface area contributed by atoms with Gasteiger partial charge in [0, 0.05) is 32.2 Å². The fourth-order valence-electron chi connectivity index (χ4n) is 3.39. The third kappa shape index (κ3) is 5.28. The summed E-state index contributed by atoms with van der Waals surface area (Å²) in [6, 6.07) is 13.0. The van der Waals surface area contributed by atoms with E-state index in [4.69, 9.17) is 11.6 Å². The Morgan fingerprint density at radius 3 is 2.56 bits per heavy atom. The summed E-state index contributed by atoms with van der Waals surface area (Å²) in [7, 11) is 0. The van der Waals surface area contributed by atoms with E-state index in [1.165, 1.54) is 36.3 Å². The first kappa shape index (κ1) is 22.3. The number of carbonyl (C=O) groups excluding carboxylic acids is 1. The molecule has 0 aliphatic carbocycles. The van der Waals surface area contributed by atoms with Crippen LogP contribution in [-0.4, -0.2) is 47.8 Å². The largest absolute Gasteiger partial charge is 0.366 e. The van der Waals surface area contributed by atoms with E-state index in [1.807, 2.05) is 17.0 Å². The molecule has 32 heavy (non-hydrogen) atoms. The van der Waals surface area contributed by atoms with E-state index in [1.54, 1.807) is 18.2 Å². The number of hydrogen-bond acceptors (Lipinski definition) is 6. The normalized spacial score (nSPS) is 13.8. The number of anilines is 3. The molecule has 2 heterocycles. The Morgan fingerprint density at radius 2 is 1.78 bits per heavy atom. The SMILES string of the molecule is O=C(CSc1cc(N2CCN(c3ccccc3F)CC2)ncn1)Nc1cccc(Cl)c1F. The second kappa shape index (κ2) is 10.1. The summed E-state index contributed by atoms with van der Waals surface area (Å²) in [4.78, 5) is 24.9. The molecule has 6 nitrogen and oxygen atoms in total. The van der Waals surface area contributed by atoms with Crippen LogP contribution in [0.1, 0.15) is 0 Å². The van der Waals surface area contributed by atoms with Gasteiger partial charge in [-0.25, -0.2) is 18.7 Å². The lowest BCUT2D eigenvalue weighted by Gasteiger charge is -2.36. The Bertz CT molecular complexity index is 1110. The number of piperazine rings is 1. The number of rotatable bonds is 6. The van der Waals surface area contributed by atoms with Crippen LogP contribution in [0.15, 0.2) is 59.9 Å². The number of halogens is 3. The average Bonchev–Trinajstić information content (AvgIpc) is 2.81. The van der Waals surface area contributed by atoms with E-state index in [0.29, 0.717) is 36.9 Å². The van der Waals surface area contributed by atoms with Gasteiger partial charge >= 0.3 is 0 Å². The Kier molecular flexibility index (Phi) is 7.06. The van der Waals surface area contributed by atoms with Gasteiger partial charge in [-0.1, -0.05) is 41.6 Å². The zero-order valence-electron chi connectivity index (χ0n) is 17.0. The van der Waals surface area contributed by atoms with Crippen molar-refractivity contribution in [3.63, 3.8) is 0 Å². The minimum atomic E-state index is -0.661. The van der Waals surface area contributed by atoms with Crippen LogP contribution in [0.25, 0.3) is 0 Å². The van der Waals surface area contributed by atoms with E-state index in [-0.39, 0.29) is 28.2 Å². The monoisotopic (exact) mass is 475 g/mol. The molecule has 0 radical (unpaired) electrons. The number of amides is 1. The predicted molar refractivity (Wildman–Crippen MR) is 124 cm³/mol. The molecule has 1 fully saturated rings. The van der Waals surface area contributed by atoms with Crippen molar-refractivity contribution in [2.75, 3.05) is 47.0 Å². The Labute approximate surface area is 193 Å². The van der Waals surface area contributed by atoms with Crippen LogP contribution in [0.3, 0.4) is 0 Å². The average molecular weight is 476 g/mol. The van der Waals surface area contributed by atoms with E-state index >= 15 is 0 Å². The minimum absolute atomic E-state index is 0.0409. The van der Waals surface area contributed by atoms with Gasteiger partial charge in [-0.05, 0) is 24.3 Å². The zero-order valence-corrected chi connectivity index (χ0v) is 18.5. The number of hydrogen-bond donors (Lipinski definition) is 1. The summed E-state index contributed by atoms with van der Waals surface area (Å²) in [5.74, 6) is -0.445. The topological polar surface area (TPSA) is 61.4 Å². The maximum Gasteiger partial charge on any atom is 0.234 e. The molecule has 1 aliphatic heterocycles. The fourth-order valence-corrected chi connectivity index (χ4v) is 4.23. The van der Waals surface area contributed by atoms with Gasteiger partial charge in [0.05, 0.1) is 22.2 Å². The van der Waals surface area contributed by atoms with Gasteiger partial charge in [0.2, 0.25) is 5.91 Å². The fraction of sp³-hybridized carbons (Fsp3) is 0.227. The molecule has 1 amide bonds. The third-order valence-electron chi connectivity index (χ3n) is 5.00. The highest BCUT2D eigenvalue weighted by Gasteiger charge is 2.20. The van der Waals surface area contributed by atoms with Crippen molar-refractivity contribution < 1.29 is 13.6 Å². The van der Waals surface area contributed by atoms with E-state index in [2.05, 4.69) is 20.2 Å². The second-order valence-corrected chi connectivity index (χ2v) is 8.48. The summed E-state index contributed by atoms with van der Waals surface area (Å²) in [6.45, 7) is 2.70. The molecule has 10 heteroatoms. The molecule has 0 atom stereocenters. The van der Waals surface area contributed by atoms with E-state index < -0.39 is 5.82 Å². The van der Waals surface area contributed by atoms with Crippen LogP contribution in [0, 0.1) is 11.6 Å². The van der Waals surface area contributed by atoms with Gasteiger partial charge in [0.25, 0.3) is 0 Å². The molecule has 1 aromatic heterocycles. The van der Waals surface area contributed by atoms with Crippen molar-refractivity contribution in [3.05, 3.63) is 71.5 Å². The van der Waals surface area contributed by atoms with Gasteiger partial charge in [0.15, 0.2) is 5.82 Å². The highest BCUT2D eigenvalue weighted by molar-refractivity contribution is 7.99. The molecule has 4 rings (SSSR count). The smallest absolute Gasteiger partial charge is 0.234 e. The van der Waals surface area contributed by atoms with Crippen LogP contribution in [0.4, 0.5) is 26.0 Å². The maximum atomic E-state index is 14.0. The number of thioether (sulfide) groups is 1. The molecular formula is C22H20ClF2N5OS. The molecule has 1 saturated heterocycles. The van der Waals surface area contributed by atoms with Crippen LogP contribution in [0.2, 0.25) is 5.02 Å². The molecule has 0 bridgehead atoms. The quantitative estimate of drug-likeness (QED) is 0.419. The Morgan fingerprint density at radius 1 is 1.03 bits per heavy atom. The first-order valence-electron chi connectivity index (χ1n) is 9.94. The molecule has 0 saturated carbocycles. The Hall–Kier alpha value is -2.91. The number of nitrogens with one attached hydrogen (secondary N) is 1. The first-order valence-corrected chi connectivity index (χ1v) is 11.3. The summed E-state index contributed by atoms with van der Waals surface area (Å²) in [5, 5.41) is 3.10. The maximum absolute atomic E-state index is 14.0. The molecular weight excluding hydrogens is 456 g/mol.